The topological polar surface area (TPSA) is 104 Å². The lowest BCUT2D eigenvalue weighted by Gasteiger charge is -2.30. The van der Waals surface area contributed by atoms with E-state index in [0.29, 0.717) is 0 Å². The molecule has 0 aliphatic heterocycles. The molecule has 8 heteroatoms. The number of benzene rings is 1. The highest BCUT2D eigenvalue weighted by Gasteiger charge is 2.29. The molecule has 0 radical (unpaired) electrons. The molecule has 1 atom stereocenters. The fraction of sp³-hybridized carbons (Fsp3) is 0.556. The van der Waals surface area contributed by atoms with Crippen molar-refractivity contribution in [3.8, 4) is 0 Å². The first-order valence-electron chi connectivity index (χ1n) is 8.89. The smallest absolute Gasteiger partial charge is 0.326 e. The van der Waals surface area contributed by atoms with Crippen LogP contribution in [0.25, 0.3) is 0 Å². The third-order valence-corrected chi connectivity index (χ3v) is 6.82. The standard InChI is InChI=1S/C18H26N2O5S/c1-3-16(18(22)23)19-17(21)13-9-11-15(12-10-13)26(24,25)20(2)14-7-5-4-6-8-14/h9-12,14,16H,3-8H2,1-2H3,(H,19,21)(H,22,23). The van der Waals surface area contributed by atoms with Gasteiger partial charge in [-0.05, 0) is 43.5 Å². The molecular weight excluding hydrogens is 356 g/mol. The van der Waals surface area contributed by atoms with E-state index in [9.17, 15) is 18.0 Å². The number of nitrogens with zero attached hydrogens (tertiary/aromatic N) is 1. The van der Waals surface area contributed by atoms with Crippen molar-refractivity contribution in [3.63, 3.8) is 0 Å². The van der Waals surface area contributed by atoms with Crippen LogP contribution in [0.5, 0.6) is 0 Å². The number of nitrogens with one attached hydrogen (secondary N) is 1. The summed E-state index contributed by atoms with van der Waals surface area (Å²) in [6, 6.07) is 4.65. The van der Waals surface area contributed by atoms with Crippen molar-refractivity contribution >= 4 is 21.9 Å². The molecule has 0 spiro atoms. The van der Waals surface area contributed by atoms with Crippen molar-refractivity contribution < 1.29 is 23.1 Å². The van der Waals surface area contributed by atoms with Gasteiger partial charge in [-0.15, -0.1) is 0 Å². The van der Waals surface area contributed by atoms with Gasteiger partial charge in [0.1, 0.15) is 6.04 Å². The molecule has 1 aliphatic carbocycles. The van der Waals surface area contributed by atoms with E-state index in [-0.39, 0.29) is 22.9 Å². The molecule has 0 aromatic heterocycles. The van der Waals surface area contributed by atoms with Crippen molar-refractivity contribution in [1.29, 1.82) is 0 Å². The molecule has 144 valence electrons. The summed E-state index contributed by atoms with van der Waals surface area (Å²) < 4.78 is 27.0. The molecule has 1 amide bonds. The zero-order chi connectivity index (χ0) is 19.3. The highest BCUT2D eigenvalue weighted by Crippen LogP contribution is 2.26. The molecule has 0 heterocycles. The van der Waals surface area contributed by atoms with E-state index >= 15 is 0 Å². The number of carboxylic acid groups (broad SMARTS) is 1. The van der Waals surface area contributed by atoms with E-state index in [4.69, 9.17) is 5.11 Å². The average molecular weight is 382 g/mol. The summed E-state index contributed by atoms with van der Waals surface area (Å²) in [5, 5.41) is 11.4. The molecule has 2 rings (SSSR count). The number of aliphatic carboxylic acids is 1. The summed E-state index contributed by atoms with van der Waals surface area (Å²) in [5.41, 5.74) is 0.226. The van der Waals surface area contributed by atoms with Gasteiger partial charge in [0.05, 0.1) is 4.90 Å². The molecule has 26 heavy (non-hydrogen) atoms. The average Bonchev–Trinajstić information content (AvgIpc) is 2.65. The fourth-order valence-corrected chi connectivity index (χ4v) is 4.58. The van der Waals surface area contributed by atoms with Gasteiger partial charge in [0, 0.05) is 18.7 Å². The number of rotatable bonds is 7. The van der Waals surface area contributed by atoms with E-state index in [1.807, 2.05) is 0 Å². The largest absolute Gasteiger partial charge is 0.480 e. The van der Waals surface area contributed by atoms with Gasteiger partial charge in [-0.2, -0.15) is 4.31 Å². The minimum atomic E-state index is -3.61. The van der Waals surface area contributed by atoms with Crippen LogP contribution in [-0.4, -0.2) is 48.8 Å². The summed E-state index contributed by atoms with van der Waals surface area (Å²) in [6.45, 7) is 1.66. The van der Waals surface area contributed by atoms with E-state index in [2.05, 4.69) is 5.32 Å². The molecule has 1 saturated carbocycles. The maximum absolute atomic E-state index is 12.8. The molecule has 2 N–H and O–H groups in total. The zero-order valence-electron chi connectivity index (χ0n) is 15.1. The summed E-state index contributed by atoms with van der Waals surface area (Å²) >= 11 is 0. The fourth-order valence-electron chi connectivity index (χ4n) is 3.17. The molecule has 1 aliphatic rings. The molecule has 0 saturated heterocycles. The van der Waals surface area contributed by atoms with E-state index in [1.54, 1.807) is 14.0 Å². The van der Waals surface area contributed by atoms with E-state index in [0.717, 1.165) is 32.1 Å². The molecule has 7 nitrogen and oxygen atoms in total. The Kier molecular flexibility index (Phi) is 6.77. The zero-order valence-corrected chi connectivity index (χ0v) is 16.0. The lowest BCUT2D eigenvalue weighted by Crippen LogP contribution is -2.40. The number of amides is 1. The third kappa shape index (κ3) is 4.62. The van der Waals surface area contributed by atoms with Gasteiger partial charge in [0.2, 0.25) is 10.0 Å². The maximum atomic E-state index is 12.8. The number of carbonyl (C=O) groups excluding carboxylic acids is 1. The SMILES string of the molecule is CCC(NC(=O)c1ccc(S(=O)(=O)N(C)C2CCCCC2)cc1)C(=O)O. The molecule has 1 fully saturated rings. The van der Waals surface area contributed by atoms with Crippen molar-refractivity contribution in [2.45, 2.75) is 62.4 Å². The Morgan fingerprint density at radius 3 is 2.27 bits per heavy atom. The first-order valence-corrected chi connectivity index (χ1v) is 10.3. The van der Waals surface area contributed by atoms with Crippen LogP contribution in [0.15, 0.2) is 29.2 Å². The van der Waals surface area contributed by atoms with Crippen molar-refractivity contribution in [3.05, 3.63) is 29.8 Å². The van der Waals surface area contributed by atoms with Crippen molar-refractivity contribution in [2.75, 3.05) is 7.05 Å². The maximum Gasteiger partial charge on any atom is 0.326 e. The predicted octanol–water partition coefficient (Wildman–Crippen LogP) is 2.23. The Morgan fingerprint density at radius 1 is 1.19 bits per heavy atom. The minimum absolute atomic E-state index is 0.0117. The summed E-state index contributed by atoms with van der Waals surface area (Å²) in [6.07, 6.45) is 5.20. The van der Waals surface area contributed by atoms with Crippen LogP contribution in [0.3, 0.4) is 0 Å². The molecule has 1 aromatic rings. The van der Waals surface area contributed by atoms with Crippen LogP contribution in [0.1, 0.15) is 55.8 Å². The second-order valence-electron chi connectivity index (χ2n) is 6.61. The summed E-state index contributed by atoms with van der Waals surface area (Å²) in [5.74, 6) is -1.64. The van der Waals surface area contributed by atoms with Crippen LogP contribution in [0.4, 0.5) is 0 Å². The quantitative estimate of drug-likeness (QED) is 0.753. The first-order chi connectivity index (χ1) is 12.3. The molecule has 0 bridgehead atoms. The Balaban J connectivity index is 2.12. The lowest BCUT2D eigenvalue weighted by molar-refractivity contribution is -0.139. The van der Waals surface area contributed by atoms with Gasteiger partial charge in [0.25, 0.3) is 5.91 Å². The number of sulfonamides is 1. The van der Waals surface area contributed by atoms with Gasteiger partial charge in [-0.25, -0.2) is 13.2 Å². The van der Waals surface area contributed by atoms with Crippen molar-refractivity contribution in [1.82, 2.24) is 9.62 Å². The first kappa shape index (κ1) is 20.4. The van der Waals surface area contributed by atoms with Crippen LogP contribution in [0, 0.1) is 0 Å². The third-order valence-electron chi connectivity index (χ3n) is 4.89. The van der Waals surface area contributed by atoms with Crippen LogP contribution in [0.2, 0.25) is 0 Å². The highest BCUT2D eigenvalue weighted by atomic mass is 32.2. The molecule has 1 unspecified atom stereocenters. The van der Waals surface area contributed by atoms with Gasteiger partial charge in [-0.3, -0.25) is 4.79 Å². The normalized spacial score (nSPS) is 17.0. The summed E-state index contributed by atoms with van der Waals surface area (Å²) in [4.78, 5) is 23.3. The number of hydrogen-bond acceptors (Lipinski definition) is 4. The second-order valence-corrected chi connectivity index (χ2v) is 8.61. The van der Waals surface area contributed by atoms with Gasteiger partial charge in [0.15, 0.2) is 0 Å². The predicted molar refractivity (Wildman–Crippen MR) is 97.4 cm³/mol. The molecular formula is C18H26N2O5S. The van der Waals surface area contributed by atoms with Crippen LogP contribution in [-0.2, 0) is 14.8 Å². The number of hydrogen-bond donors (Lipinski definition) is 2. The number of carbonyl (C=O) groups is 2. The van der Waals surface area contributed by atoms with Crippen LogP contribution >= 0.6 is 0 Å². The van der Waals surface area contributed by atoms with Gasteiger partial charge < -0.3 is 10.4 Å². The van der Waals surface area contributed by atoms with Gasteiger partial charge in [-0.1, -0.05) is 26.2 Å². The van der Waals surface area contributed by atoms with Crippen molar-refractivity contribution in [2.24, 2.45) is 0 Å². The van der Waals surface area contributed by atoms with E-state index < -0.39 is 27.9 Å². The Hall–Kier alpha value is -1.93. The second kappa shape index (κ2) is 8.64. The summed E-state index contributed by atoms with van der Waals surface area (Å²) in [7, 11) is -2.01. The Morgan fingerprint density at radius 2 is 1.77 bits per heavy atom. The Bertz CT molecular complexity index is 739. The Labute approximate surface area is 154 Å². The van der Waals surface area contributed by atoms with Crippen LogP contribution < -0.4 is 5.32 Å². The van der Waals surface area contributed by atoms with Gasteiger partial charge >= 0.3 is 5.97 Å². The molecule has 1 aromatic carbocycles. The number of carboxylic acids is 1. The lowest BCUT2D eigenvalue weighted by atomic mass is 9.96. The minimum Gasteiger partial charge on any atom is -0.480 e. The monoisotopic (exact) mass is 382 g/mol. The highest BCUT2D eigenvalue weighted by molar-refractivity contribution is 7.89. The van der Waals surface area contributed by atoms with E-state index in [1.165, 1.54) is 28.6 Å².